The van der Waals surface area contributed by atoms with Crippen LogP contribution in [0.5, 0.6) is 23.0 Å². The zero-order valence-corrected chi connectivity index (χ0v) is 22.7. The van der Waals surface area contributed by atoms with Gasteiger partial charge in [0, 0.05) is 5.56 Å². The van der Waals surface area contributed by atoms with Gasteiger partial charge in [0.05, 0.1) is 20.3 Å². The van der Waals surface area contributed by atoms with Gasteiger partial charge >= 0.3 is 5.97 Å². The smallest absolute Gasteiger partial charge is 0.346 e. The van der Waals surface area contributed by atoms with Crippen molar-refractivity contribution in [2.24, 2.45) is 0 Å². The molecular formula is C27H34O16. The molecule has 10 atom stereocenters. The number of carbonyl (C=O) groups excluding carboxylic acids is 1. The second-order valence-corrected chi connectivity index (χ2v) is 9.81. The van der Waals surface area contributed by atoms with Crippen LogP contribution in [0, 0.1) is 0 Å². The Bertz CT molecular complexity index is 1240. The molecule has 0 amide bonds. The molecule has 0 aromatic heterocycles. The van der Waals surface area contributed by atoms with Crippen LogP contribution >= 0.6 is 0 Å². The molecule has 238 valence electrons. The van der Waals surface area contributed by atoms with Crippen LogP contribution in [-0.2, 0) is 20.8 Å². The van der Waals surface area contributed by atoms with Crippen molar-refractivity contribution >= 4 is 5.97 Å². The summed E-state index contributed by atoms with van der Waals surface area (Å²) in [7, 11) is 1.16. The van der Waals surface area contributed by atoms with Gasteiger partial charge in [-0.15, -0.1) is 0 Å². The van der Waals surface area contributed by atoms with Gasteiger partial charge < -0.3 is 74.4 Å². The van der Waals surface area contributed by atoms with E-state index in [0.717, 1.165) is 13.2 Å². The Balaban J connectivity index is 1.50. The molecule has 2 aromatic rings. The van der Waals surface area contributed by atoms with E-state index < -0.39 is 98.5 Å². The lowest BCUT2D eigenvalue weighted by molar-refractivity contribution is -0.277. The topological polar surface area (TPSA) is 255 Å². The minimum absolute atomic E-state index is 0.0653. The van der Waals surface area contributed by atoms with Gasteiger partial charge in [-0.25, -0.2) is 4.79 Å². The summed E-state index contributed by atoms with van der Waals surface area (Å²) in [5.74, 6) is -2.13. The largest absolute Gasteiger partial charge is 0.507 e. The SMILES string of the molecule is COc1c(O[C@@H]2O[C@@H](CO)[C@@H](O)[C@H](O)[C@@H]2O)ccc(O)c1C(=O)OCc1ccccc1O[C@@H]1O[C@H](CO)[C@@H](O)[C@H](O)[C@@H]1O. The number of aromatic hydroxyl groups is 1. The number of methoxy groups -OCH3 is 1. The van der Waals surface area contributed by atoms with E-state index in [1.165, 1.54) is 18.2 Å². The van der Waals surface area contributed by atoms with E-state index in [1.54, 1.807) is 12.1 Å². The summed E-state index contributed by atoms with van der Waals surface area (Å²) in [6.07, 6.45) is -15.6. The fourth-order valence-electron chi connectivity index (χ4n) is 4.58. The number of esters is 1. The van der Waals surface area contributed by atoms with Crippen molar-refractivity contribution in [1.82, 2.24) is 0 Å². The van der Waals surface area contributed by atoms with E-state index in [4.69, 9.17) is 28.4 Å². The number of ether oxygens (including phenoxy) is 6. The number of aliphatic hydroxyl groups is 8. The van der Waals surface area contributed by atoms with Gasteiger partial charge in [-0.2, -0.15) is 0 Å². The zero-order valence-electron chi connectivity index (χ0n) is 22.7. The van der Waals surface area contributed by atoms with Crippen LogP contribution in [0.1, 0.15) is 15.9 Å². The molecule has 43 heavy (non-hydrogen) atoms. The van der Waals surface area contributed by atoms with Gasteiger partial charge in [0.1, 0.15) is 72.5 Å². The van der Waals surface area contributed by atoms with Crippen LogP contribution in [0.4, 0.5) is 0 Å². The fraction of sp³-hybridized carbons (Fsp3) is 0.519. The molecule has 2 saturated heterocycles. The van der Waals surface area contributed by atoms with E-state index in [9.17, 15) is 50.8 Å². The normalized spacial score (nSPS) is 32.6. The van der Waals surface area contributed by atoms with Crippen LogP contribution in [0.15, 0.2) is 36.4 Å². The number of hydrogen-bond donors (Lipinski definition) is 9. The molecule has 2 fully saturated rings. The first-order valence-corrected chi connectivity index (χ1v) is 13.1. The summed E-state index contributed by atoms with van der Waals surface area (Å²) in [5, 5.41) is 90.0. The Morgan fingerprint density at radius 2 is 1.28 bits per heavy atom. The Kier molecular flexibility index (Phi) is 10.6. The van der Waals surface area contributed by atoms with E-state index in [0.29, 0.717) is 0 Å². The molecule has 0 bridgehead atoms. The monoisotopic (exact) mass is 614 g/mol. The lowest BCUT2D eigenvalue weighted by Gasteiger charge is -2.39. The summed E-state index contributed by atoms with van der Waals surface area (Å²) in [5.41, 5.74) is -0.211. The number of phenols is 1. The predicted molar refractivity (Wildman–Crippen MR) is 139 cm³/mol. The van der Waals surface area contributed by atoms with Crippen molar-refractivity contribution in [3.63, 3.8) is 0 Å². The van der Waals surface area contributed by atoms with E-state index >= 15 is 0 Å². The molecule has 9 N–H and O–H groups in total. The van der Waals surface area contributed by atoms with Gasteiger partial charge in [-0.05, 0) is 18.2 Å². The number of hydrogen-bond acceptors (Lipinski definition) is 16. The van der Waals surface area contributed by atoms with Crippen molar-refractivity contribution in [2.45, 2.75) is 68.0 Å². The molecule has 0 saturated carbocycles. The molecule has 2 aliphatic heterocycles. The van der Waals surface area contributed by atoms with Crippen molar-refractivity contribution in [3.8, 4) is 23.0 Å². The van der Waals surface area contributed by atoms with Gasteiger partial charge in [0.15, 0.2) is 11.5 Å². The molecule has 4 rings (SSSR count). The Morgan fingerprint density at radius 1 is 0.744 bits per heavy atom. The molecule has 0 radical (unpaired) electrons. The number of rotatable bonds is 10. The van der Waals surface area contributed by atoms with Crippen LogP contribution in [0.25, 0.3) is 0 Å². The summed E-state index contributed by atoms with van der Waals surface area (Å²) >= 11 is 0. The molecule has 2 aromatic carbocycles. The Labute approximate surface area is 244 Å². The Hall–Kier alpha value is -3.29. The molecular weight excluding hydrogens is 580 g/mol. The maximum absolute atomic E-state index is 13.1. The molecule has 2 aliphatic rings. The minimum Gasteiger partial charge on any atom is -0.507 e. The third-order valence-corrected chi connectivity index (χ3v) is 7.02. The maximum atomic E-state index is 13.1. The highest BCUT2D eigenvalue weighted by atomic mass is 16.7. The minimum atomic E-state index is -1.76. The van der Waals surface area contributed by atoms with Crippen LogP contribution in [0.2, 0.25) is 0 Å². The fourth-order valence-corrected chi connectivity index (χ4v) is 4.58. The molecule has 0 aliphatic carbocycles. The first kappa shape index (κ1) is 32.6. The van der Waals surface area contributed by atoms with Gasteiger partial charge in [-0.3, -0.25) is 0 Å². The number of carbonyl (C=O) groups is 1. The summed E-state index contributed by atoms with van der Waals surface area (Å²) in [6, 6.07) is 8.40. The van der Waals surface area contributed by atoms with Crippen molar-refractivity contribution in [1.29, 1.82) is 0 Å². The molecule has 0 spiro atoms. The second kappa shape index (κ2) is 14.0. The molecule has 2 heterocycles. The lowest BCUT2D eigenvalue weighted by atomic mass is 9.99. The van der Waals surface area contributed by atoms with Gasteiger partial charge in [0.2, 0.25) is 12.6 Å². The number of phenolic OH excluding ortho intramolecular Hbond substituents is 1. The third kappa shape index (κ3) is 6.78. The predicted octanol–water partition coefficient (Wildman–Crippen LogP) is -2.88. The van der Waals surface area contributed by atoms with E-state index in [1.807, 2.05) is 0 Å². The average Bonchev–Trinajstić information content (AvgIpc) is 3.01. The first-order chi connectivity index (χ1) is 20.5. The maximum Gasteiger partial charge on any atom is 0.346 e. The van der Waals surface area contributed by atoms with Gasteiger partial charge in [-0.1, -0.05) is 18.2 Å². The molecule has 16 heteroatoms. The number of benzene rings is 2. The van der Waals surface area contributed by atoms with Gasteiger partial charge in [0.25, 0.3) is 0 Å². The van der Waals surface area contributed by atoms with Crippen molar-refractivity contribution in [3.05, 3.63) is 47.5 Å². The third-order valence-electron chi connectivity index (χ3n) is 7.02. The molecule has 16 nitrogen and oxygen atoms in total. The highest BCUT2D eigenvalue weighted by Gasteiger charge is 2.46. The summed E-state index contributed by atoms with van der Waals surface area (Å²) in [6.45, 7) is -1.79. The number of aliphatic hydroxyl groups excluding tert-OH is 8. The lowest BCUT2D eigenvalue weighted by Crippen LogP contribution is -2.60. The van der Waals surface area contributed by atoms with E-state index in [2.05, 4.69) is 0 Å². The summed E-state index contributed by atoms with van der Waals surface area (Å²) < 4.78 is 32.6. The van der Waals surface area contributed by atoms with Crippen LogP contribution in [0.3, 0.4) is 0 Å². The number of para-hydroxylation sites is 1. The molecule has 0 unspecified atom stereocenters. The summed E-state index contributed by atoms with van der Waals surface area (Å²) in [4.78, 5) is 13.1. The Morgan fingerprint density at radius 3 is 1.81 bits per heavy atom. The standard InChI is InChI=1S/C27H34O16/c1-38-24-14(41-27-23(36)21(34)19(32)16(9-29)43-27)7-6-12(30)17(24)25(37)39-10-11-4-2-3-5-13(11)40-26-22(35)20(33)18(31)15(8-28)42-26/h2-7,15-16,18-23,26-36H,8-10H2,1H3/t15-,16+,18-,19-,20+,21+,22+,23+,26-,27-/m1/s1. The quantitative estimate of drug-likeness (QED) is 0.122. The average molecular weight is 615 g/mol. The van der Waals surface area contributed by atoms with Crippen LogP contribution in [-0.4, -0.2) is 134 Å². The highest BCUT2D eigenvalue weighted by Crippen LogP contribution is 2.39. The first-order valence-electron chi connectivity index (χ1n) is 13.1. The van der Waals surface area contributed by atoms with Crippen LogP contribution < -0.4 is 14.2 Å². The van der Waals surface area contributed by atoms with E-state index in [-0.39, 0.29) is 22.8 Å². The zero-order chi connectivity index (χ0) is 31.4. The highest BCUT2D eigenvalue weighted by molar-refractivity contribution is 5.96. The second-order valence-electron chi connectivity index (χ2n) is 9.81. The van der Waals surface area contributed by atoms with Crippen molar-refractivity contribution < 1.29 is 79.2 Å². The van der Waals surface area contributed by atoms with Crippen molar-refractivity contribution in [2.75, 3.05) is 20.3 Å².